The molecule has 0 N–H and O–H groups in total. The Kier molecular flexibility index (Phi) is 9.47. The van der Waals surface area contributed by atoms with Crippen LogP contribution in [-0.2, 0) is 11.2 Å². The molecule has 0 saturated carbocycles. The summed E-state index contributed by atoms with van der Waals surface area (Å²) in [5.41, 5.74) is 1.95. The monoisotopic (exact) mass is 428 g/mol. The second-order valence-electron chi connectivity index (χ2n) is 6.61. The van der Waals surface area contributed by atoms with Gasteiger partial charge in [0.25, 0.3) is 5.91 Å². The number of ketones is 1. The van der Waals surface area contributed by atoms with Gasteiger partial charge in [-0.05, 0) is 37.6 Å². The van der Waals surface area contributed by atoms with E-state index in [9.17, 15) is 9.59 Å². The SMILES string of the molecule is Cc1cc(C)c(CC(=O)CN2CCN(C(=O)c3ccccc3)CC2)s1.Cl.Cl. The number of aryl methyl sites for hydroxylation is 2. The summed E-state index contributed by atoms with van der Waals surface area (Å²) >= 11 is 1.71. The molecule has 1 saturated heterocycles. The smallest absolute Gasteiger partial charge is 0.253 e. The molecule has 0 atom stereocenters. The van der Waals surface area contributed by atoms with Gasteiger partial charge in [0.2, 0.25) is 0 Å². The van der Waals surface area contributed by atoms with Crippen LogP contribution in [0.4, 0.5) is 0 Å². The van der Waals surface area contributed by atoms with Crippen molar-refractivity contribution in [3.8, 4) is 0 Å². The third-order valence-electron chi connectivity index (χ3n) is 4.58. The fourth-order valence-corrected chi connectivity index (χ4v) is 4.30. The molecule has 0 unspecified atom stereocenters. The molecule has 3 rings (SSSR count). The van der Waals surface area contributed by atoms with Crippen molar-refractivity contribution in [2.75, 3.05) is 32.7 Å². The number of nitrogens with zero attached hydrogens (tertiary/aromatic N) is 2. The molecule has 0 spiro atoms. The summed E-state index contributed by atoms with van der Waals surface area (Å²) in [7, 11) is 0. The number of Topliss-reactive ketones (excluding diaryl/α,β-unsaturated/α-hetero) is 1. The van der Waals surface area contributed by atoms with Gasteiger partial charge < -0.3 is 4.90 Å². The summed E-state index contributed by atoms with van der Waals surface area (Å²) in [6, 6.07) is 11.5. The lowest BCUT2D eigenvalue weighted by atomic mass is 10.1. The number of piperazine rings is 1. The van der Waals surface area contributed by atoms with E-state index in [0.717, 1.165) is 18.7 Å². The minimum Gasteiger partial charge on any atom is -0.336 e. The Morgan fingerprint density at radius 1 is 1.00 bits per heavy atom. The molecule has 0 aliphatic carbocycles. The Hall–Kier alpha value is -1.40. The topological polar surface area (TPSA) is 40.6 Å². The van der Waals surface area contributed by atoms with Gasteiger partial charge in [0, 0.05) is 47.9 Å². The molecule has 0 radical (unpaired) electrons. The Morgan fingerprint density at radius 3 is 2.19 bits per heavy atom. The van der Waals surface area contributed by atoms with E-state index in [0.29, 0.717) is 26.1 Å². The minimum atomic E-state index is 0. The van der Waals surface area contributed by atoms with Crippen molar-refractivity contribution in [1.29, 1.82) is 0 Å². The lowest BCUT2D eigenvalue weighted by Gasteiger charge is -2.34. The number of halogens is 2. The summed E-state index contributed by atoms with van der Waals surface area (Å²) in [6.45, 7) is 7.49. The zero-order valence-corrected chi connectivity index (χ0v) is 18.1. The number of amides is 1. The molecule has 7 heteroatoms. The molecule has 1 aromatic carbocycles. The first-order chi connectivity index (χ1) is 12.0. The van der Waals surface area contributed by atoms with Crippen LogP contribution >= 0.6 is 36.2 Å². The lowest BCUT2D eigenvalue weighted by molar-refractivity contribution is -0.119. The predicted molar refractivity (Wildman–Crippen MR) is 116 cm³/mol. The van der Waals surface area contributed by atoms with Crippen molar-refractivity contribution in [3.05, 3.63) is 57.3 Å². The summed E-state index contributed by atoms with van der Waals surface area (Å²) in [6.07, 6.45) is 0.521. The van der Waals surface area contributed by atoms with E-state index in [4.69, 9.17) is 0 Å². The molecule has 1 amide bonds. The largest absolute Gasteiger partial charge is 0.336 e. The van der Waals surface area contributed by atoms with Gasteiger partial charge in [-0.25, -0.2) is 0 Å². The van der Waals surface area contributed by atoms with Crippen molar-refractivity contribution < 1.29 is 9.59 Å². The Labute approximate surface area is 177 Å². The van der Waals surface area contributed by atoms with Crippen LogP contribution in [0.2, 0.25) is 0 Å². The van der Waals surface area contributed by atoms with Crippen LogP contribution in [0, 0.1) is 13.8 Å². The van der Waals surface area contributed by atoms with Crippen LogP contribution in [0.15, 0.2) is 36.4 Å². The third kappa shape index (κ3) is 6.32. The molecular formula is C20H26Cl2N2O2S. The number of hydrogen-bond donors (Lipinski definition) is 0. The summed E-state index contributed by atoms with van der Waals surface area (Å²) in [5.74, 6) is 0.337. The molecule has 148 valence electrons. The molecule has 2 aromatic rings. The highest BCUT2D eigenvalue weighted by atomic mass is 35.5. The normalized spacial score (nSPS) is 14.2. The molecule has 1 aliphatic heterocycles. The van der Waals surface area contributed by atoms with Gasteiger partial charge in [0.1, 0.15) is 0 Å². The quantitative estimate of drug-likeness (QED) is 0.727. The average Bonchev–Trinajstić information content (AvgIpc) is 2.92. The maximum Gasteiger partial charge on any atom is 0.253 e. The summed E-state index contributed by atoms with van der Waals surface area (Å²) in [4.78, 5) is 31.3. The first-order valence-corrected chi connectivity index (χ1v) is 9.49. The maximum atomic E-state index is 12.5. The molecular weight excluding hydrogens is 403 g/mol. The van der Waals surface area contributed by atoms with Gasteiger partial charge in [0.05, 0.1) is 6.54 Å². The molecule has 4 nitrogen and oxygen atoms in total. The van der Waals surface area contributed by atoms with E-state index in [1.165, 1.54) is 15.3 Å². The van der Waals surface area contributed by atoms with Crippen LogP contribution in [0.1, 0.15) is 25.7 Å². The maximum absolute atomic E-state index is 12.5. The lowest BCUT2D eigenvalue weighted by Crippen LogP contribution is -2.50. The number of rotatable bonds is 5. The molecule has 2 heterocycles. The molecule has 27 heavy (non-hydrogen) atoms. The van der Waals surface area contributed by atoms with Crippen molar-refractivity contribution in [3.63, 3.8) is 0 Å². The first-order valence-electron chi connectivity index (χ1n) is 8.67. The van der Waals surface area contributed by atoms with Gasteiger partial charge in [-0.1, -0.05) is 18.2 Å². The average molecular weight is 429 g/mol. The summed E-state index contributed by atoms with van der Waals surface area (Å²) in [5, 5.41) is 0. The number of hydrogen-bond acceptors (Lipinski definition) is 4. The Bertz CT molecular complexity index is 757. The fraction of sp³-hybridized carbons (Fsp3) is 0.400. The van der Waals surface area contributed by atoms with E-state index >= 15 is 0 Å². The van der Waals surface area contributed by atoms with Gasteiger partial charge in [0.15, 0.2) is 5.78 Å². The predicted octanol–water partition coefficient (Wildman–Crippen LogP) is 3.78. The highest BCUT2D eigenvalue weighted by Crippen LogP contribution is 2.21. The standard InChI is InChI=1S/C20H24N2O2S.2ClH/c1-15-12-16(2)25-19(15)13-18(23)14-21-8-10-22(11-9-21)20(24)17-6-4-3-5-7-17;;/h3-7,12H,8-11,13-14H2,1-2H3;2*1H. The Morgan fingerprint density at radius 2 is 1.63 bits per heavy atom. The summed E-state index contributed by atoms with van der Waals surface area (Å²) < 4.78 is 0. The van der Waals surface area contributed by atoms with Gasteiger partial charge in [-0.15, -0.1) is 36.2 Å². The number of thiophene rings is 1. The van der Waals surface area contributed by atoms with Crippen LogP contribution in [0.5, 0.6) is 0 Å². The van der Waals surface area contributed by atoms with Crippen LogP contribution in [0.3, 0.4) is 0 Å². The minimum absolute atomic E-state index is 0. The molecule has 1 aromatic heterocycles. The van der Waals surface area contributed by atoms with Crippen LogP contribution in [0.25, 0.3) is 0 Å². The van der Waals surface area contributed by atoms with Gasteiger partial charge in [-0.3, -0.25) is 14.5 Å². The highest BCUT2D eigenvalue weighted by Gasteiger charge is 2.23. The van der Waals surface area contributed by atoms with Gasteiger partial charge >= 0.3 is 0 Å². The van der Waals surface area contributed by atoms with E-state index in [1.54, 1.807) is 11.3 Å². The third-order valence-corrected chi connectivity index (χ3v) is 5.73. The fourth-order valence-electron chi connectivity index (χ4n) is 3.22. The first kappa shape index (κ1) is 23.6. The zero-order valence-electron chi connectivity index (χ0n) is 15.6. The van der Waals surface area contributed by atoms with Crippen molar-refractivity contribution >= 4 is 47.8 Å². The second kappa shape index (κ2) is 10.8. The Balaban J connectivity index is 0.00000182. The van der Waals surface area contributed by atoms with E-state index in [1.807, 2.05) is 35.2 Å². The highest BCUT2D eigenvalue weighted by molar-refractivity contribution is 7.12. The number of carbonyl (C=O) groups excluding carboxylic acids is 2. The van der Waals surface area contributed by atoms with E-state index in [-0.39, 0.29) is 36.5 Å². The van der Waals surface area contributed by atoms with E-state index in [2.05, 4.69) is 24.8 Å². The molecule has 1 aliphatic rings. The molecule has 0 bridgehead atoms. The molecule has 1 fully saturated rings. The van der Waals surface area contributed by atoms with Crippen LogP contribution in [-0.4, -0.2) is 54.2 Å². The number of carbonyl (C=O) groups is 2. The van der Waals surface area contributed by atoms with Gasteiger partial charge in [-0.2, -0.15) is 0 Å². The number of benzene rings is 1. The zero-order chi connectivity index (χ0) is 17.8. The van der Waals surface area contributed by atoms with Crippen LogP contribution < -0.4 is 0 Å². The van der Waals surface area contributed by atoms with E-state index < -0.39 is 0 Å². The van der Waals surface area contributed by atoms with Crippen molar-refractivity contribution in [2.24, 2.45) is 0 Å². The van der Waals surface area contributed by atoms with Crippen molar-refractivity contribution in [2.45, 2.75) is 20.3 Å². The van der Waals surface area contributed by atoms with Crippen molar-refractivity contribution in [1.82, 2.24) is 9.80 Å². The second-order valence-corrected chi connectivity index (χ2v) is 7.95.